The third-order valence-electron chi connectivity index (χ3n) is 4.88. The van der Waals surface area contributed by atoms with E-state index in [0.717, 1.165) is 31.4 Å². The first-order chi connectivity index (χ1) is 15.9. The number of ether oxygens (including phenoxy) is 1. The lowest BCUT2D eigenvalue weighted by Crippen LogP contribution is -2.27. The summed E-state index contributed by atoms with van der Waals surface area (Å²) in [5, 5.41) is 8.88. The number of imide groups is 1. The fraction of sp³-hybridized carbons (Fsp3) is 0.0800. The molecule has 0 saturated carbocycles. The minimum Gasteiger partial charge on any atom is -0.488 e. The highest BCUT2D eigenvalue weighted by molar-refractivity contribution is 14.1. The molecule has 0 aromatic heterocycles. The second kappa shape index (κ2) is 10.2. The summed E-state index contributed by atoms with van der Waals surface area (Å²) in [6.07, 6.45) is 1.67. The summed E-state index contributed by atoms with van der Waals surface area (Å²) in [5.41, 5.74) is 2.53. The van der Waals surface area contributed by atoms with Gasteiger partial charge < -0.3 is 4.74 Å². The average molecular weight is 570 g/mol. The van der Waals surface area contributed by atoms with Crippen molar-refractivity contribution in [2.24, 2.45) is 0 Å². The fourth-order valence-electron chi connectivity index (χ4n) is 3.24. The molecular weight excluding hydrogens is 554 g/mol. The van der Waals surface area contributed by atoms with Gasteiger partial charge in [0.2, 0.25) is 0 Å². The number of carbonyl (C=O) groups excluding carboxylic acids is 2. The Bertz CT molecular complexity index is 1320. The lowest BCUT2D eigenvalue weighted by molar-refractivity contribution is -0.123. The molecule has 3 aromatic rings. The van der Waals surface area contributed by atoms with Crippen LogP contribution in [-0.2, 0) is 17.9 Å². The van der Waals surface area contributed by atoms with Gasteiger partial charge in [-0.05, 0) is 87.5 Å². The van der Waals surface area contributed by atoms with Crippen molar-refractivity contribution in [3.63, 3.8) is 0 Å². The Morgan fingerprint density at radius 3 is 2.67 bits per heavy atom. The zero-order valence-corrected chi connectivity index (χ0v) is 20.1. The molecule has 1 heterocycles. The Morgan fingerprint density at radius 2 is 1.91 bits per heavy atom. The highest BCUT2D eigenvalue weighted by Crippen LogP contribution is 2.34. The van der Waals surface area contributed by atoms with Gasteiger partial charge in [0, 0.05) is 0 Å². The number of thioether (sulfide) groups is 1. The minimum absolute atomic E-state index is 0.0517. The zero-order valence-electron chi connectivity index (χ0n) is 17.1. The van der Waals surface area contributed by atoms with Crippen molar-refractivity contribution < 1.29 is 18.7 Å². The molecule has 0 radical (unpaired) electrons. The van der Waals surface area contributed by atoms with Gasteiger partial charge in [0.1, 0.15) is 18.2 Å². The summed E-state index contributed by atoms with van der Waals surface area (Å²) in [5.74, 6) is -0.0661. The standard InChI is InChI=1S/C25H16FIN2O3S/c26-20-7-3-4-17(10-20)15-32-22-9-8-16(11-21(22)27)12-23-24(30)29(25(31)33-23)14-19-6-2-1-5-18(19)13-28/h1-12H,14-15H2/b23-12+. The van der Waals surface area contributed by atoms with Crippen LogP contribution in [0.15, 0.2) is 71.6 Å². The Balaban J connectivity index is 1.47. The van der Waals surface area contributed by atoms with Crippen LogP contribution in [0.5, 0.6) is 5.75 Å². The van der Waals surface area contributed by atoms with Crippen molar-refractivity contribution in [1.29, 1.82) is 5.26 Å². The summed E-state index contributed by atoms with van der Waals surface area (Å²) >= 11 is 3.00. The summed E-state index contributed by atoms with van der Waals surface area (Å²) in [4.78, 5) is 26.8. The highest BCUT2D eigenvalue weighted by Gasteiger charge is 2.35. The molecule has 3 aromatic carbocycles. The Kier molecular flexibility index (Phi) is 7.11. The van der Waals surface area contributed by atoms with E-state index in [4.69, 9.17) is 4.74 Å². The monoisotopic (exact) mass is 570 g/mol. The maximum absolute atomic E-state index is 13.3. The molecule has 1 aliphatic heterocycles. The minimum atomic E-state index is -0.390. The lowest BCUT2D eigenvalue weighted by Gasteiger charge is -2.13. The van der Waals surface area contributed by atoms with Crippen LogP contribution >= 0.6 is 34.4 Å². The van der Waals surface area contributed by atoms with E-state index in [9.17, 15) is 19.2 Å². The van der Waals surface area contributed by atoms with Crippen molar-refractivity contribution in [3.8, 4) is 11.8 Å². The summed E-state index contributed by atoms with van der Waals surface area (Å²) in [6, 6.07) is 20.6. The number of hydrogen-bond donors (Lipinski definition) is 0. The summed E-state index contributed by atoms with van der Waals surface area (Å²) < 4.78 is 19.9. The van der Waals surface area contributed by atoms with Crippen LogP contribution in [0.4, 0.5) is 9.18 Å². The second-order valence-electron chi connectivity index (χ2n) is 7.15. The molecule has 1 saturated heterocycles. The van der Waals surface area contributed by atoms with Crippen LogP contribution in [0.25, 0.3) is 6.08 Å². The second-order valence-corrected chi connectivity index (χ2v) is 9.30. The Hall–Kier alpha value is -3.16. The van der Waals surface area contributed by atoms with Gasteiger partial charge in [-0.1, -0.05) is 36.4 Å². The average Bonchev–Trinajstić information content (AvgIpc) is 3.06. The van der Waals surface area contributed by atoms with Gasteiger partial charge in [-0.15, -0.1) is 0 Å². The number of amides is 2. The van der Waals surface area contributed by atoms with Crippen LogP contribution in [0.2, 0.25) is 0 Å². The van der Waals surface area contributed by atoms with Crippen molar-refractivity contribution >= 4 is 51.6 Å². The van der Waals surface area contributed by atoms with Crippen molar-refractivity contribution in [3.05, 3.63) is 103 Å². The van der Waals surface area contributed by atoms with E-state index in [0.29, 0.717) is 21.8 Å². The maximum Gasteiger partial charge on any atom is 0.293 e. The molecular formula is C25H16FIN2O3S. The van der Waals surface area contributed by atoms with Gasteiger partial charge in [-0.2, -0.15) is 5.26 Å². The van der Waals surface area contributed by atoms with Crippen molar-refractivity contribution in [1.82, 2.24) is 4.90 Å². The van der Waals surface area contributed by atoms with E-state index in [2.05, 4.69) is 28.7 Å². The third-order valence-corrected chi connectivity index (χ3v) is 6.63. The van der Waals surface area contributed by atoms with Crippen LogP contribution < -0.4 is 4.74 Å². The maximum atomic E-state index is 13.3. The van der Waals surface area contributed by atoms with Gasteiger partial charge in [-0.3, -0.25) is 14.5 Å². The van der Waals surface area contributed by atoms with E-state index in [1.54, 1.807) is 54.6 Å². The van der Waals surface area contributed by atoms with E-state index >= 15 is 0 Å². The molecule has 0 unspecified atom stereocenters. The molecule has 5 nitrogen and oxygen atoms in total. The summed E-state index contributed by atoms with van der Waals surface area (Å²) in [6.45, 7) is 0.284. The quantitative estimate of drug-likeness (QED) is 0.264. The normalized spacial score (nSPS) is 14.6. The molecule has 0 N–H and O–H groups in total. The number of nitriles is 1. The van der Waals surface area contributed by atoms with Crippen LogP contribution in [0, 0.1) is 20.7 Å². The molecule has 0 atom stereocenters. The smallest absolute Gasteiger partial charge is 0.293 e. The number of nitrogens with zero attached hydrogens (tertiary/aromatic N) is 2. The molecule has 164 valence electrons. The van der Waals surface area contributed by atoms with Gasteiger partial charge >= 0.3 is 0 Å². The van der Waals surface area contributed by atoms with E-state index < -0.39 is 0 Å². The van der Waals surface area contributed by atoms with Crippen molar-refractivity contribution in [2.75, 3.05) is 0 Å². The first-order valence-electron chi connectivity index (χ1n) is 9.85. The topological polar surface area (TPSA) is 70.4 Å². The van der Waals surface area contributed by atoms with E-state index in [1.807, 2.05) is 6.07 Å². The Morgan fingerprint density at radius 1 is 1.09 bits per heavy atom. The predicted molar refractivity (Wildman–Crippen MR) is 133 cm³/mol. The number of halogens is 2. The number of rotatable bonds is 6. The largest absolute Gasteiger partial charge is 0.488 e. The molecule has 33 heavy (non-hydrogen) atoms. The van der Waals surface area contributed by atoms with Crippen LogP contribution in [0.1, 0.15) is 22.3 Å². The highest BCUT2D eigenvalue weighted by atomic mass is 127. The van der Waals surface area contributed by atoms with E-state index in [-0.39, 0.29) is 30.1 Å². The molecule has 1 aliphatic rings. The number of hydrogen-bond acceptors (Lipinski definition) is 5. The lowest BCUT2D eigenvalue weighted by atomic mass is 10.1. The van der Waals surface area contributed by atoms with Crippen LogP contribution in [-0.4, -0.2) is 16.0 Å². The molecule has 0 spiro atoms. The SMILES string of the molecule is N#Cc1ccccc1CN1C(=O)S/C(=C/c2ccc(OCc3cccc(F)c3)c(I)c2)C1=O. The molecule has 1 fully saturated rings. The van der Waals surface area contributed by atoms with Gasteiger partial charge in [0.05, 0.1) is 26.7 Å². The number of benzene rings is 3. The fourth-order valence-corrected chi connectivity index (χ4v) is 4.77. The van der Waals surface area contributed by atoms with Gasteiger partial charge in [0.25, 0.3) is 11.1 Å². The zero-order chi connectivity index (χ0) is 23.4. The molecule has 2 amide bonds. The van der Waals surface area contributed by atoms with Crippen molar-refractivity contribution in [2.45, 2.75) is 13.2 Å². The molecule has 0 aliphatic carbocycles. The number of carbonyl (C=O) groups is 2. The van der Waals surface area contributed by atoms with E-state index in [1.165, 1.54) is 12.1 Å². The van der Waals surface area contributed by atoms with Gasteiger partial charge in [-0.25, -0.2) is 4.39 Å². The predicted octanol–water partition coefficient (Wildman–Crippen LogP) is 6.12. The summed E-state index contributed by atoms with van der Waals surface area (Å²) in [7, 11) is 0. The third kappa shape index (κ3) is 5.43. The Labute approximate surface area is 208 Å². The first kappa shape index (κ1) is 23.0. The van der Waals surface area contributed by atoms with Gasteiger partial charge in [0.15, 0.2) is 0 Å². The molecule has 8 heteroatoms. The molecule has 0 bridgehead atoms. The molecule has 4 rings (SSSR count). The van der Waals surface area contributed by atoms with Crippen LogP contribution in [0.3, 0.4) is 0 Å². The first-order valence-corrected chi connectivity index (χ1v) is 11.7.